The van der Waals surface area contributed by atoms with E-state index in [1.165, 1.54) is 38.5 Å². The molecule has 0 amide bonds. The fraction of sp³-hybridized carbons (Fsp3) is 0.792. The van der Waals surface area contributed by atoms with Gasteiger partial charge < -0.3 is 16.4 Å². The van der Waals surface area contributed by atoms with Crippen molar-refractivity contribution in [3.05, 3.63) is 11.9 Å². The number of nitrogens with two attached hydrogens (primary N) is 1. The van der Waals surface area contributed by atoms with Crippen LogP contribution in [0.5, 0.6) is 0 Å². The first-order valence-electron chi connectivity index (χ1n) is 12.8. The predicted molar refractivity (Wildman–Crippen MR) is 135 cm³/mol. The highest BCUT2D eigenvalue weighted by molar-refractivity contribution is 5.90. The van der Waals surface area contributed by atoms with Gasteiger partial charge in [0, 0.05) is 37.5 Å². The molecule has 9 nitrogen and oxygen atoms in total. The number of nitrogens with zero attached hydrogens (tertiary/aromatic N) is 3. The van der Waals surface area contributed by atoms with Crippen molar-refractivity contribution in [2.75, 3.05) is 6.54 Å². The zero-order valence-electron chi connectivity index (χ0n) is 20.6. The van der Waals surface area contributed by atoms with E-state index in [-0.39, 0.29) is 17.8 Å². The monoisotopic (exact) mass is 459 g/mol. The van der Waals surface area contributed by atoms with Crippen LogP contribution in [0.15, 0.2) is 6.20 Å². The number of nitrogens with one attached hydrogen (secondary N) is 5. The Labute approximate surface area is 199 Å². The van der Waals surface area contributed by atoms with Crippen LogP contribution in [-0.4, -0.2) is 45.1 Å². The van der Waals surface area contributed by atoms with E-state index in [1.807, 2.05) is 10.9 Å². The molecule has 9 heteroatoms. The van der Waals surface area contributed by atoms with Crippen molar-refractivity contribution in [3.63, 3.8) is 0 Å². The summed E-state index contributed by atoms with van der Waals surface area (Å²) < 4.78 is 1.84. The smallest absolute Gasteiger partial charge is 0.114 e. The molecular weight excluding hydrogens is 414 g/mol. The number of hydrogen-bond acceptors (Lipinski definition) is 5. The maximum Gasteiger partial charge on any atom is 0.114 e. The first-order chi connectivity index (χ1) is 15.9. The summed E-state index contributed by atoms with van der Waals surface area (Å²) in [6, 6.07) is 0.0234. The van der Waals surface area contributed by atoms with Crippen molar-refractivity contribution < 1.29 is 0 Å². The quantitative estimate of drug-likeness (QED) is 0.157. The van der Waals surface area contributed by atoms with Gasteiger partial charge in [0.2, 0.25) is 0 Å². The topological polar surface area (TPSA) is 152 Å². The van der Waals surface area contributed by atoms with E-state index in [0.29, 0.717) is 30.6 Å². The van der Waals surface area contributed by atoms with Crippen LogP contribution in [-0.2, 0) is 6.42 Å². The van der Waals surface area contributed by atoms with Crippen LogP contribution in [0, 0.1) is 22.1 Å². The van der Waals surface area contributed by atoms with Gasteiger partial charge in [0.05, 0.1) is 23.4 Å². The normalized spacial score (nSPS) is 16.5. The van der Waals surface area contributed by atoms with Crippen molar-refractivity contribution >= 4 is 17.5 Å². The number of aryl methyl sites for hydroxylation is 1. The molecule has 2 rings (SSSR count). The van der Waals surface area contributed by atoms with Gasteiger partial charge in [-0.2, -0.15) is 0 Å². The van der Waals surface area contributed by atoms with Crippen molar-refractivity contribution in [1.29, 1.82) is 16.2 Å². The van der Waals surface area contributed by atoms with E-state index < -0.39 is 0 Å². The van der Waals surface area contributed by atoms with E-state index in [9.17, 15) is 0 Å². The molecule has 0 unspecified atom stereocenters. The minimum absolute atomic E-state index is 0.109. The molecule has 0 aromatic carbocycles. The lowest BCUT2D eigenvalue weighted by Gasteiger charge is -2.24. The first kappa shape index (κ1) is 26.8. The van der Waals surface area contributed by atoms with E-state index in [2.05, 4.69) is 34.8 Å². The van der Waals surface area contributed by atoms with E-state index >= 15 is 0 Å². The summed E-state index contributed by atoms with van der Waals surface area (Å²) in [5, 5.41) is 39.3. The summed E-state index contributed by atoms with van der Waals surface area (Å²) in [4.78, 5) is 0. The molecule has 1 saturated carbocycles. The minimum Gasteiger partial charge on any atom is -0.386 e. The van der Waals surface area contributed by atoms with Gasteiger partial charge in [0.1, 0.15) is 5.84 Å². The molecule has 1 aromatic heterocycles. The molecule has 1 aliphatic carbocycles. The zero-order chi connectivity index (χ0) is 24.1. The second-order valence-electron chi connectivity index (χ2n) is 9.65. The van der Waals surface area contributed by atoms with Crippen LogP contribution in [0.2, 0.25) is 0 Å². The Balaban J connectivity index is 1.64. The maximum atomic E-state index is 8.55. The van der Waals surface area contributed by atoms with Gasteiger partial charge >= 0.3 is 0 Å². The highest BCUT2D eigenvalue weighted by Crippen LogP contribution is 2.22. The number of hydrogen-bond donors (Lipinski definition) is 6. The van der Waals surface area contributed by atoms with Crippen LogP contribution >= 0.6 is 0 Å². The Morgan fingerprint density at radius 3 is 2.36 bits per heavy atom. The molecule has 33 heavy (non-hydrogen) atoms. The minimum atomic E-state index is -0.270. The lowest BCUT2D eigenvalue weighted by atomic mass is 9.95. The lowest BCUT2D eigenvalue weighted by Crippen LogP contribution is -2.46. The Hall–Kier alpha value is -2.45. The van der Waals surface area contributed by atoms with Gasteiger partial charge in [-0.25, -0.2) is 4.68 Å². The fourth-order valence-corrected chi connectivity index (χ4v) is 4.27. The summed E-state index contributed by atoms with van der Waals surface area (Å²) in [6.45, 7) is 4.86. The largest absolute Gasteiger partial charge is 0.386 e. The van der Waals surface area contributed by atoms with Gasteiger partial charge in [-0.05, 0) is 46.0 Å². The standard InChI is InChI=1S/C24H45N9/c1-18(2)33-17-20(31-32-33)14-15-22(25)29-16-10-9-13-21(23(26)27)30-24(28)19-11-7-5-3-4-6-8-12-19/h17-19,21H,3-16H2,1-2H3,(H2,25,29)(H3,26,27)(H2,28,30)/t21-/m0/s1. The molecule has 1 aliphatic rings. The average Bonchev–Trinajstić information content (AvgIpc) is 3.30. The van der Waals surface area contributed by atoms with E-state index in [1.54, 1.807) is 0 Å². The molecule has 0 radical (unpaired) electrons. The van der Waals surface area contributed by atoms with Gasteiger partial charge in [-0.1, -0.05) is 43.7 Å². The molecule has 1 heterocycles. The lowest BCUT2D eigenvalue weighted by molar-refractivity contribution is 0.509. The summed E-state index contributed by atoms with van der Waals surface area (Å²) in [5.74, 6) is 1.45. The third-order valence-electron chi connectivity index (χ3n) is 6.44. The highest BCUT2D eigenvalue weighted by atomic mass is 15.4. The summed E-state index contributed by atoms with van der Waals surface area (Å²) in [6.07, 6.45) is 15.5. The summed E-state index contributed by atoms with van der Waals surface area (Å²) in [7, 11) is 0. The third kappa shape index (κ3) is 10.4. The van der Waals surface area contributed by atoms with Crippen molar-refractivity contribution in [2.45, 2.75) is 109 Å². The molecule has 7 N–H and O–H groups in total. The van der Waals surface area contributed by atoms with Gasteiger partial charge in [0.15, 0.2) is 0 Å². The van der Waals surface area contributed by atoms with Crippen molar-refractivity contribution in [2.24, 2.45) is 11.7 Å². The Morgan fingerprint density at radius 1 is 1.09 bits per heavy atom. The average molecular weight is 460 g/mol. The molecule has 0 aliphatic heterocycles. The molecule has 1 atom stereocenters. The van der Waals surface area contributed by atoms with Crippen LogP contribution in [0.25, 0.3) is 0 Å². The SMILES string of the molecule is CC(C)n1cc(CCC(=N)NCCCC[C@H](NC(=N)C2CCCCCCCC2)C(=N)N)nn1. The molecule has 1 fully saturated rings. The van der Waals surface area contributed by atoms with Crippen molar-refractivity contribution in [1.82, 2.24) is 25.6 Å². The Kier molecular flexibility index (Phi) is 11.9. The van der Waals surface area contributed by atoms with Crippen LogP contribution < -0.4 is 16.4 Å². The first-order valence-corrected chi connectivity index (χ1v) is 12.8. The van der Waals surface area contributed by atoms with Crippen LogP contribution in [0.1, 0.15) is 103 Å². The number of amidine groups is 3. The number of unbranched alkanes of at least 4 members (excludes halogenated alkanes) is 1. The molecular formula is C24H45N9. The third-order valence-corrected chi connectivity index (χ3v) is 6.44. The van der Waals surface area contributed by atoms with Crippen LogP contribution in [0.4, 0.5) is 0 Å². The Morgan fingerprint density at radius 2 is 1.76 bits per heavy atom. The molecule has 1 aromatic rings. The predicted octanol–water partition coefficient (Wildman–Crippen LogP) is 4.15. The van der Waals surface area contributed by atoms with Gasteiger partial charge in [-0.15, -0.1) is 5.10 Å². The second kappa shape index (κ2) is 14.6. The van der Waals surface area contributed by atoms with Gasteiger partial charge in [0.25, 0.3) is 0 Å². The summed E-state index contributed by atoms with van der Waals surface area (Å²) in [5.41, 5.74) is 6.75. The van der Waals surface area contributed by atoms with Crippen molar-refractivity contribution in [3.8, 4) is 0 Å². The van der Waals surface area contributed by atoms with Gasteiger partial charge in [-0.3, -0.25) is 16.2 Å². The van der Waals surface area contributed by atoms with E-state index in [4.69, 9.17) is 22.0 Å². The zero-order valence-corrected chi connectivity index (χ0v) is 20.6. The summed E-state index contributed by atoms with van der Waals surface area (Å²) >= 11 is 0. The second-order valence-corrected chi connectivity index (χ2v) is 9.65. The van der Waals surface area contributed by atoms with Crippen LogP contribution in [0.3, 0.4) is 0 Å². The molecule has 0 spiro atoms. The number of rotatable bonds is 12. The Bertz CT molecular complexity index is 730. The molecule has 0 saturated heterocycles. The van der Waals surface area contributed by atoms with E-state index in [0.717, 1.165) is 44.3 Å². The molecule has 186 valence electrons. The fourth-order valence-electron chi connectivity index (χ4n) is 4.27. The maximum absolute atomic E-state index is 8.55. The number of aromatic nitrogens is 3. The molecule has 0 bridgehead atoms. The highest BCUT2D eigenvalue weighted by Gasteiger charge is 2.20.